The maximum Gasteiger partial charge on any atom is 0.271 e. The first-order chi connectivity index (χ1) is 9.76. The zero-order chi connectivity index (χ0) is 16.0. The molecule has 118 valence electrons. The number of aliphatic hydroxyl groups is 1. The first-order valence-electron chi connectivity index (χ1n) is 7.18. The number of rotatable bonds is 7. The minimum Gasteiger partial charge on any atom is -0.396 e. The second kappa shape index (κ2) is 7.71. The lowest BCUT2D eigenvalue weighted by molar-refractivity contribution is 0.0927. The second-order valence-corrected chi connectivity index (χ2v) is 6.66. The molecule has 0 bridgehead atoms. The third-order valence-corrected chi connectivity index (χ3v) is 3.51. The van der Waals surface area contributed by atoms with Gasteiger partial charge in [-0.05, 0) is 18.3 Å². The van der Waals surface area contributed by atoms with Crippen LogP contribution in [0.4, 0.5) is 0 Å². The number of hydrogen-bond acceptors (Lipinski definition) is 4. The van der Waals surface area contributed by atoms with Gasteiger partial charge in [-0.25, -0.2) is 9.97 Å². The predicted octanol–water partition coefficient (Wildman–Crippen LogP) is 2.78. The Morgan fingerprint density at radius 2 is 2.14 bits per heavy atom. The maximum atomic E-state index is 12.2. The number of carbonyl (C=O) groups is 1. The Morgan fingerprint density at radius 3 is 2.71 bits per heavy atom. The quantitative estimate of drug-likeness (QED) is 0.811. The largest absolute Gasteiger partial charge is 0.396 e. The number of nitrogens with zero attached hydrogens (tertiary/aromatic N) is 2. The number of aliphatic hydroxyl groups excluding tert-OH is 1. The zero-order valence-corrected chi connectivity index (χ0v) is 13.9. The Labute approximate surface area is 131 Å². The number of halogens is 1. The monoisotopic (exact) mass is 313 g/mol. The van der Waals surface area contributed by atoms with Gasteiger partial charge in [0, 0.05) is 19.1 Å². The van der Waals surface area contributed by atoms with Gasteiger partial charge in [-0.1, -0.05) is 39.3 Å². The maximum absolute atomic E-state index is 12.2. The predicted molar refractivity (Wildman–Crippen MR) is 83.6 cm³/mol. The summed E-state index contributed by atoms with van der Waals surface area (Å²) in [6.07, 6.45) is 3.02. The van der Waals surface area contributed by atoms with Crippen LogP contribution in [0, 0.1) is 5.41 Å². The third kappa shape index (κ3) is 5.59. The Balaban J connectivity index is 2.73. The first kappa shape index (κ1) is 17.9. The lowest BCUT2D eigenvalue weighted by atomic mass is 9.88. The Hall–Kier alpha value is -1.20. The van der Waals surface area contributed by atoms with Crippen LogP contribution in [0.3, 0.4) is 0 Å². The van der Waals surface area contributed by atoms with Crippen molar-refractivity contribution in [3.05, 3.63) is 22.7 Å². The standard InChI is InChI=1S/C15H24ClN3O2/c1-10(2)13-17-8-11(16)12(19-13)14(21)18-9-15(3,4)6-5-7-20/h8,10,20H,5-7,9H2,1-4H3,(H,18,21). The fourth-order valence-corrected chi connectivity index (χ4v) is 2.04. The van der Waals surface area contributed by atoms with Crippen LogP contribution in [0.2, 0.25) is 5.02 Å². The Morgan fingerprint density at radius 1 is 1.48 bits per heavy atom. The minimum absolute atomic E-state index is 0.0845. The summed E-state index contributed by atoms with van der Waals surface area (Å²) in [7, 11) is 0. The summed E-state index contributed by atoms with van der Waals surface area (Å²) in [5.41, 5.74) is 0.131. The molecule has 2 N–H and O–H groups in total. The smallest absolute Gasteiger partial charge is 0.271 e. The third-order valence-electron chi connectivity index (χ3n) is 3.23. The average Bonchev–Trinajstić information content (AvgIpc) is 2.43. The summed E-state index contributed by atoms with van der Waals surface area (Å²) in [6, 6.07) is 0. The lowest BCUT2D eigenvalue weighted by Gasteiger charge is -2.24. The molecule has 0 aliphatic carbocycles. The highest BCUT2D eigenvalue weighted by molar-refractivity contribution is 6.33. The normalized spacial score (nSPS) is 11.8. The van der Waals surface area contributed by atoms with Gasteiger partial charge in [0.05, 0.1) is 11.2 Å². The van der Waals surface area contributed by atoms with E-state index in [1.54, 1.807) is 0 Å². The van der Waals surface area contributed by atoms with Crippen molar-refractivity contribution in [3.8, 4) is 0 Å². The van der Waals surface area contributed by atoms with Gasteiger partial charge >= 0.3 is 0 Å². The molecule has 1 heterocycles. The molecule has 0 saturated carbocycles. The second-order valence-electron chi connectivity index (χ2n) is 6.25. The molecule has 0 aromatic carbocycles. The van der Waals surface area contributed by atoms with Crippen molar-refractivity contribution >= 4 is 17.5 Å². The molecule has 0 aliphatic heterocycles. The van der Waals surface area contributed by atoms with Crippen LogP contribution in [0.1, 0.15) is 62.8 Å². The van der Waals surface area contributed by atoms with Gasteiger partial charge in [0.1, 0.15) is 11.5 Å². The summed E-state index contributed by atoms with van der Waals surface area (Å²) in [6.45, 7) is 8.68. The van der Waals surface area contributed by atoms with Crippen molar-refractivity contribution in [1.29, 1.82) is 0 Å². The Bertz CT molecular complexity index is 490. The van der Waals surface area contributed by atoms with E-state index in [4.69, 9.17) is 16.7 Å². The van der Waals surface area contributed by atoms with Crippen molar-refractivity contribution in [2.75, 3.05) is 13.2 Å². The van der Waals surface area contributed by atoms with E-state index in [1.807, 2.05) is 27.7 Å². The molecule has 0 saturated heterocycles. The van der Waals surface area contributed by atoms with Crippen molar-refractivity contribution in [2.24, 2.45) is 5.41 Å². The van der Waals surface area contributed by atoms with E-state index in [0.29, 0.717) is 18.8 Å². The molecular weight excluding hydrogens is 290 g/mol. The molecule has 0 aliphatic rings. The van der Waals surface area contributed by atoms with Crippen LogP contribution in [0.5, 0.6) is 0 Å². The van der Waals surface area contributed by atoms with Gasteiger partial charge in [-0.15, -0.1) is 0 Å². The van der Waals surface area contributed by atoms with Gasteiger partial charge in [0.25, 0.3) is 5.91 Å². The summed E-state index contributed by atoms with van der Waals surface area (Å²) >= 11 is 6.01. The van der Waals surface area contributed by atoms with E-state index < -0.39 is 0 Å². The fraction of sp³-hybridized carbons (Fsp3) is 0.667. The zero-order valence-electron chi connectivity index (χ0n) is 13.1. The van der Waals surface area contributed by atoms with Crippen molar-refractivity contribution in [2.45, 2.75) is 46.5 Å². The van der Waals surface area contributed by atoms with E-state index in [0.717, 1.165) is 6.42 Å². The molecule has 6 heteroatoms. The molecule has 0 unspecified atom stereocenters. The van der Waals surface area contributed by atoms with Crippen LogP contribution in [-0.2, 0) is 0 Å². The van der Waals surface area contributed by atoms with E-state index >= 15 is 0 Å². The van der Waals surface area contributed by atoms with Crippen molar-refractivity contribution in [3.63, 3.8) is 0 Å². The van der Waals surface area contributed by atoms with Crippen LogP contribution >= 0.6 is 11.6 Å². The molecule has 5 nitrogen and oxygen atoms in total. The highest BCUT2D eigenvalue weighted by atomic mass is 35.5. The molecule has 0 fully saturated rings. The highest BCUT2D eigenvalue weighted by Crippen LogP contribution is 2.21. The number of amides is 1. The van der Waals surface area contributed by atoms with Gasteiger partial charge in [0.15, 0.2) is 0 Å². The summed E-state index contributed by atoms with van der Waals surface area (Å²) in [4.78, 5) is 20.6. The van der Waals surface area contributed by atoms with Gasteiger partial charge in [-0.3, -0.25) is 4.79 Å². The lowest BCUT2D eigenvalue weighted by Crippen LogP contribution is -2.35. The number of hydrogen-bond donors (Lipinski definition) is 2. The van der Waals surface area contributed by atoms with E-state index in [-0.39, 0.29) is 34.6 Å². The van der Waals surface area contributed by atoms with Crippen LogP contribution < -0.4 is 5.32 Å². The SMILES string of the molecule is CC(C)c1ncc(Cl)c(C(=O)NCC(C)(C)CCCO)n1. The molecule has 1 aromatic heterocycles. The van der Waals surface area contributed by atoms with Gasteiger partial charge in [0.2, 0.25) is 0 Å². The minimum atomic E-state index is -0.290. The van der Waals surface area contributed by atoms with Crippen LogP contribution in [0.15, 0.2) is 6.20 Å². The first-order valence-corrected chi connectivity index (χ1v) is 7.56. The fourth-order valence-electron chi connectivity index (χ4n) is 1.87. The van der Waals surface area contributed by atoms with E-state index in [2.05, 4.69) is 15.3 Å². The number of carbonyl (C=O) groups excluding carboxylic acids is 1. The van der Waals surface area contributed by atoms with Crippen LogP contribution in [0.25, 0.3) is 0 Å². The molecule has 21 heavy (non-hydrogen) atoms. The number of nitrogens with one attached hydrogen (secondary N) is 1. The Kier molecular flexibility index (Phi) is 6.55. The van der Waals surface area contributed by atoms with Gasteiger partial charge < -0.3 is 10.4 Å². The average molecular weight is 314 g/mol. The summed E-state index contributed by atoms with van der Waals surface area (Å²) < 4.78 is 0. The molecule has 0 radical (unpaired) electrons. The molecule has 1 amide bonds. The molecular formula is C15H24ClN3O2. The highest BCUT2D eigenvalue weighted by Gasteiger charge is 2.21. The van der Waals surface area contributed by atoms with Gasteiger partial charge in [-0.2, -0.15) is 0 Å². The van der Waals surface area contributed by atoms with Crippen molar-refractivity contribution in [1.82, 2.24) is 15.3 Å². The van der Waals surface area contributed by atoms with Crippen molar-refractivity contribution < 1.29 is 9.90 Å². The molecule has 0 spiro atoms. The number of aromatic nitrogens is 2. The van der Waals surface area contributed by atoms with Crippen LogP contribution in [-0.4, -0.2) is 34.1 Å². The van der Waals surface area contributed by atoms with E-state index in [9.17, 15) is 4.79 Å². The summed E-state index contributed by atoms with van der Waals surface area (Å²) in [5, 5.41) is 12.0. The molecule has 1 rings (SSSR count). The summed E-state index contributed by atoms with van der Waals surface area (Å²) in [5.74, 6) is 0.445. The molecule has 0 atom stereocenters. The van der Waals surface area contributed by atoms with E-state index in [1.165, 1.54) is 6.20 Å². The molecule has 1 aromatic rings. The topological polar surface area (TPSA) is 75.1 Å².